The summed E-state index contributed by atoms with van der Waals surface area (Å²) in [7, 11) is -3.46. The zero-order valence-corrected chi connectivity index (χ0v) is 17.0. The third-order valence-electron chi connectivity index (χ3n) is 3.84. The average Bonchev–Trinajstić information content (AvgIpc) is 2.66. The van der Waals surface area contributed by atoms with E-state index in [-0.39, 0.29) is 30.4 Å². The topological polar surface area (TPSA) is 128 Å². The summed E-state index contributed by atoms with van der Waals surface area (Å²) in [5.41, 5.74) is 12.4. The Hall–Kier alpha value is -1.82. The number of benzene rings is 2. The molecule has 28 heavy (non-hydrogen) atoms. The summed E-state index contributed by atoms with van der Waals surface area (Å²) < 4.78 is 30.0. The van der Waals surface area contributed by atoms with Crippen LogP contribution in [-0.4, -0.2) is 57.0 Å². The van der Waals surface area contributed by atoms with Crippen LogP contribution in [0.4, 0.5) is 11.4 Å². The molecular weight excluding hydrogens is 402 g/mol. The van der Waals surface area contributed by atoms with E-state index in [2.05, 4.69) is 0 Å². The Morgan fingerprint density at radius 2 is 1.71 bits per heavy atom. The van der Waals surface area contributed by atoms with Crippen LogP contribution in [0.1, 0.15) is 0 Å². The number of hydrogen-bond acceptors (Lipinski definition) is 9. The second-order valence-electron chi connectivity index (χ2n) is 6.00. The van der Waals surface area contributed by atoms with E-state index in [0.29, 0.717) is 24.5 Å². The zero-order chi connectivity index (χ0) is 20.4. The fourth-order valence-electron chi connectivity index (χ4n) is 2.38. The van der Waals surface area contributed by atoms with Gasteiger partial charge in [0.25, 0.3) is 0 Å². The quantitative estimate of drug-likeness (QED) is 0.152. The lowest BCUT2D eigenvalue weighted by molar-refractivity contribution is -0.193. The molecule has 2 rings (SSSR count). The Bertz CT molecular complexity index is 849. The van der Waals surface area contributed by atoms with Gasteiger partial charge in [0.2, 0.25) is 0 Å². The van der Waals surface area contributed by atoms with Crippen LogP contribution in [0.15, 0.2) is 58.3 Å². The van der Waals surface area contributed by atoms with Gasteiger partial charge in [0.05, 0.1) is 35.9 Å². The van der Waals surface area contributed by atoms with Gasteiger partial charge < -0.3 is 16.6 Å². The lowest BCUT2D eigenvalue weighted by atomic mass is 10.3. The van der Waals surface area contributed by atoms with E-state index >= 15 is 0 Å². The van der Waals surface area contributed by atoms with Crippen molar-refractivity contribution in [3.63, 3.8) is 0 Å². The maximum absolute atomic E-state index is 12.4. The van der Waals surface area contributed by atoms with Gasteiger partial charge in [0, 0.05) is 35.9 Å². The molecule has 0 aliphatic heterocycles. The normalized spacial score (nSPS) is 11.8. The third kappa shape index (κ3) is 7.66. The first-order chi connectivity index (χ1) is 13.4. The van der Waals surface area contributed by atoms with Crippen molar-refractivity contribution in [1.29, 1.82) is 0 Å². The molecule has 10 heteroatoms. The predicted molar refractivity (Wildman–Crippen MR) is 110 cm³/mol. The first-order valence-corrected chi connectivity index (χ1v) is 11.0. The van der Waals surface area contributed by atoms with Gasteiger partial charge in [-0.25, -0.2) is 13.3 Å². The zero-order valence-electron chi connectivity index (χ0n) is 15.4. The summed E-state index contributed by atoms with van der Waals surface area (Å²) in [5.74, 6) is -0.0879. The number of nitrogens with zero attached hydrogens (tertiary/aromatic N) is 1. The molecular formula is C18H25N3O5S2. The number of rotatable bonds is 12. The summed E-state index contributed by atoms with van der Waals surface area (Å²) in [5, 5.41) is 9.20. The first kappa shape index (κ1) is 22.5. The molecule has 154 valence electrons. The molecule has 0 heterocycles. The minimum Gasteiger partial charge on any atom is -0.399 e. The van der Waals surface area contributed by atoms with Crippen molar-refractivity contribution in [2.24, 2.45) is 0 Å². The standard InChI is InChI=1S/C18H25N3O5S2/c19-15-3-1-5-17(13-15)27-26-25-11-8-21(7-10-22)9-12-28(23,24)18-6-2-4-16(20)14-18/h1-6,13-14,22H,7-12,19-20H2. The Labute approximate surface area is 169 Å². The molecule has 0 aromatic heterocycles. The summed E-state index contributed by atoms with van der Waals surface area (Å²) in [6, 6.07) is 13.4. The van der Waals surface area contributed by atoms with Crippen molar-refractivity contribution in [2.45, 2.75) is 9.79 Å². The van der Waals surface area contributed by atoms with Crippen molar-refractivity contribution in [3.05, 3.63) is 48.5 Å². The van der Waals surface area contributed by atoms with E-state index in [1.165, 1.54) is 12.1 Å². The number of nitrogens with two attached hydrogens (primary N) is 2. The van der Waals surface area contributed by atoms with Crippen LogP contribution >= 0.6 is 12.0 Å². The maximum atomic E-state index is 12.4. The summed E-state index contributed by atoms with van der Waals surface area (Å²) >= 11 is 1.04. The van der Waals surface area contributed by atoms with E-state index in [1.807, 2.05) is 12.1 Å². The Balaban J connectivity index is 1.76. The molecule has 0 amide bonds. The molecule has 0 radical (unpaired) electrons. The second-order valence-corrected chi connectivity index (χ2v) is 8.89. The van der Waals surface area contributed by atoms with Crippen LogP contribution < -0.4 is 11.5 Å². The van der Waals surface area contributed by atoms with Gasteiger partial charge >= 0.3 is 0 Å². The fourth-order valence-corrected chi connectivity index (χ4v) is 4.23. The molecule has 5 N–H and O–H groups in total. The Kier molecular flexibility index (Phi) is 9.03. The summed E-state index contributed by atoms with van der Waals surface area (Å²) in [6.07, 6.45) is 0. The van der Waals surface area contributed by atoms with Crippen molar-refractivity contribution < 1.29 is 22.7 Å². The van der Waals surface area contributed by atoms with E-state index in [1.54, 1.807) is 29.2 Å². The molecule has 0 aliphatic rings. The predicted octanol–water partition coefficient (Wildman–Crippen LogP) is 1.57. The molecule has 0 saturated carbocycles. The van der Waals surface area contributed by atoms with Crippen LogP contribution in [0.25, 0.3) is 0 Å². The molecule has 0 aliphatic carbocycles. The smallest absolute Gasteiger partial charge is 0.179 e. The Morgan fingerprint density at radius 1 is 1.00 bits per heavy atom. The van der Waals surface area contributed by atoms with Crippen LogP contribution in [-0.2, 0) is 19.1 Å². The van der Waals surface area contributed by atoms with Gasteiger partial charge in [-0.3, -0.25) is 4.90 Å². The minimum atomic E-state index is -3.46. The van der Waals surface area contributed by atoms with Gasteiger partial charge in [0.1, 0.15) is 0 Å². The van der Waals surface area contributed by atoms with Gasteiger partial charge in [-0.1, -0.05) is 12.1 Å². The van der Waals surface area contributed by atoms with Crippen molar-refractivity contribution in [1.82, 2.24) is 4.90 Å². The van der Waals surface area contributed by atoms with E-state index < -0.39 is 9.84 Å². The fraction of sp³-hybridized carbons (Fsp3) is 0.333. The highest BCUT2D eigenvalue weighted by Crippen LogP contribution is 2.21. The number of hydrogen-bond donors (Lipinski definition) is 3. The van der Waals surface area contributed by atoms with Gasteiger partial charge in [-0.15, -0.1) is 0 Å². The molecule has 2 aromatic carbocycles. The van der Waals surface area contributed by atoms with E-state index in [0.717, 1.165) is 16.9 Å². The number of aliphatic hydroxyl groups excluding tert-OH is 1. The van der Waals surface area contributed by atoms with Crippen molar-refractivity contribution in [3.8, 4) is 0 Å². The maximum Gasteiger partial charge on any atom is 0.179 e. The monoisotopic (exact) mass is 427 g/mol. The highest BCUT2D eigenvalue weighted by atomic mass is 32.2. The number of nitrogen functional groups attached to an aromatic ring is 2. The molecule has 0 unspecified atom stereocenters. The van der Waals surface area contributed by atoms with Gasteiger partial charge in [-0.2, -0.15) is 4.33 Å². The molecule has 8 nitrogen and oxygen atoms in total. The van der Waals surface area contributed by atoms with E-state index in [9.17, 15) is 13.5 Å². The minimum absolute atomic E-state index is 0.0861. The van der Waals surface area contributed by atoms with Crippen LogP contribution in [0.2, 0.25) is 0 Å². The average molecular weight is 428 g/mol. The molecule has 2 aromatic rings. The molecule has 0 spiro atoms. The van der Waals surface area contributed by atoms with Crippen LogP contribution in [0, 0.1) is 0 Å². The second kappa shape index (κ2) is 11.2. The number of anilines is 2. The van der Waals surface area contributed by atoms with Gasteiger partial charge in [0.15, 0.2) is 9.84 Å². The Morgan fingerprint density at radius 3 is 2.39 bits per heavy atom. The van der Waals surface area contributed by atoms with Crippen molar-refractivity contribution in [2.75, 3.05) is 50.1 Å². The number of aliphatic hydroxyl groups is 1. The third-order valence-corrected chi connectivity index (χ3v) is 6.14. The lowest BCUT2D eigenvalue weighted by Crippen LogP contribution is -2.34. The van der Waals surface area contributed by atoms with Crippen LogP contribution in [0.3, 0.4) is 0 Å². The molecule has 0 saturated heterocycles. The van der Waals surface area contributed by atoms with Crippen LogP contribution in [0.5, 0.6) is 0 Å². The van der Waals surface area contributed by atoms with E-state index in [4.69, 9.17) is 20.7 Å². The summed E-state index contributed by atoms with van der Waals surface area (Å²) in [4.78, 5) is 7.90. The first-order valence-electron chi connectivity index (χ1n) is 8.64. The SMILES string of the molecule is Nc1cccc(SOOCCN(CCO)CCS(=O)(=O)c2cccc(N)c2)c1. The molecule has 0 fully saturated rings. The largest absolute Gasteiger partial charge is 0.399 e. The molecule has 0 atom stereocenters. The lowest BCUT2D eigenvalue weighted by Gasteiger charge is -2.20. The highest BCUT2D eigenvalue weighted by molar-refractivity contribution is 7.94. The number of sulfone groups is 1. The van der Waals surface area contributed by atoms with Crippen molar-refractivity contribution >= 4 is 33.3 Å². The summed E-state index contributed by atoms with van der Waals surface area (Å²) in [6.45, 7) is 1.12. The highest BCUT2D eigenvalue weighted by Gasteiger charge is 2.17. The van der Waals surface area contributed by atoms with Gasteiger partial charge in [-0.05, 0) is 36.4 Å². The molecule has 0 bridgehead atoms.